The maximum absolute atomic E-state index is 13.2. The van der Waals surface area contributed by atoms with Gasteiger partial charge >= 0.3 is 18.0 Å². The van der Waals surface area contributed by atoms with Gasteiger partial charge in [0.25, 0.3) is 0 Å². The molecule has 39 heavy (non-hydrogen) atoms. The van der Waals surface area contributed by atoms with Crippen LogP contribution in [0.1, 0.15) is 71.1 Å². The predicted octanol–water partition coefficient (Wildman–Crippen LogP) is 4.51. The maximum atomic E-state index is 13.2. The van der Waals surface area contributed by atoms with Gasteiger partial charge in [-0.3, -0.25) is 9.59 Å². The average Bonchev–Trinajstić information content (AvgIpc) is 2.84. The van der Waals surface area contributed by atoms with Crippen LogP contribution < -0.4 is 10.6 Å². The Kier molecular flexibility index (Phi) is 11.1. The largest absolute Gasteiger partial charge is 0.480 e. The Morgan fingerprint density at radius 2 is 1.49 bits per heavy atom. The summed E-state index contributed by atoms with van der Waals surface area (Å²) in [6.45, 7) is 11.3. The topological polar surface area (TPSA) is 131 Å². The van der Waals surface area contributed by atoms with Gasteiger partial charge in [0.05, 0.1) is 0 Å². The van der Waals surface area contributed by atoms with Crippen molar-refractivity contribution in [2.45, 2.75) is 90.5 Å². The first-order chi connectivity index (χ1) is 18.1. The number of amides is 2. The summed E-state index contributed by atoms with van der Waals surface area (Å²) in [5.74, 6) is -2.51. The van der Waals surface area contributed by atoms with E-state index in [0.29, 0.717) is 0 Å². The summed E-state index contributed by atoms with van der Waals surface area (Å²) in [5, 5.41) is 14.8. The number of carboxylic acids is 1. The number of alkyl carbamates (subject to hydrolysis) is 1. The fourth-order valence-electron chi connectivity index (χ4n) is 3.70. The van der Waals surface area contributed by atoms with Gasteiger partial charge in [0.2, 0.25) is 5.91 Å². The van der Waals surface area contributed by atoms with Crippen molar-refractivity contribution < 1.29 is 33.8 Å². The van der Waals surface area contributed by atoms with Crippen molar-refractivity contribution in [1.29, 1.82) is 0 Å². The van der Waals surface area contributed by atoms with Crippen molar-refractivity contribution in [1.82, 2.24) is 10.6 Å². The normalized spacial score (nSPS) is 13.1. The zero-order chi connectivity index (χ0) is 29.2. The highest BCUT2D eigenvalue weighted by Crippen LogP contribution is 2.23. The van der Waals surface area contributed by atoms with Crippen molar-refractivity contribution in [2.24, 2.45) is 0 Å². The molecule has 2 atom stereocenters. The molecule has 0 saturated carbocycles. The predicted molar refractivity (Wildman–Crippen MR) is 147 cm³/mol. The summed E-state index contributed by atoms with van der Waals surface area (Å²) in [5.41, 5.74) is 1.69. The molecular weight excluding hydrogens is 500 g/mol. The van der Waals surface area contributed by atoms with Crippen molar-refractivity contribution in [2.75, 3.05) is 0 Å². The Balaban J connectivity index is 2.13. The van der Waals surface area contributed by atoms with E-state index < -0.39 is 41.6 Å². The number of esters is 1. The number of benzene rings is 2. The molecule has 0 spiro atoms. The number of ether oxygens (including phenoxy) is 2. The molecule has 212 valence electrons. The van der Waals surface area contributed by atoms with Gasteiger partial charge in [-0.05, 0) is 49.3 Å². The molecule has 3 N–H and O–H groups in total. The molecule has 0 bridgehead atoms. The number of carbonyl (C=O) groups is 4. The molecule has 9 heteroatoms. The minimum atomic E-state index is -1.25. The molecule has 2 aromatic rings. The first-order valence-electron chi connectivity index (χ1n) is 13.0. The van der Waals surface area contributed by atoms with Crippen molar-refractivity contribution in [3.63, 3.8) is 0 Å². The van der Waals surface area contributed by atoms with Gasteiger partial charge in [0.15, 0.2) is 0 Å². The van der Waals surface area contributed by atoms with Gasteiger partial charge in [0.1, 0.15) is 24.3 Å². The van der Waals surface area contributed by atoms with Crippen LogP contribution in [0.15, 0.2) is 54.6 Å². The molecule has 0 unspecified atom stereocenters. The van der Waals surface area contributed by atoms with Crippen LogP contribution in [0, 0.1) is 0 Å². The molecule has 0 fully saturated rings. The molecule has 0 saturated heterocycles. The van der Waals surface area contributed by atoms with Gasteiger partial charge in [-0.15, -0.1) is 0 Å². The standard InChI is InChI=1S/C30H40N2O7/c1-29(2,3)22-14-10-13-21(17-22)18-24(27(35)36)31-26(34)23(15-16-25(33)39-30(4,5)6)32-28(37)38-19-20-11-8-7-9-12-20/h7-14,17,23-24H,15-16,18-19H2,1-6H3,(H,31,34)(H,32,37)(H,35,36)/t23-,24-/m0/s1. The lowest BCUT2D eigenvalue weighted by Gasteiger charge is -2.23. The van der Waals surface area contributed by atoms with E-state index in [-0.39, 0.29) is 31.3 Å². The number of nitrogens with one attached hydrogen (secondary N) is 2. The molecule has 2 amide bonds. The zero-order valence-corrected chi connectivity index (χ0v) is 23.6. The van der Waals surface area contributed by atoms with Crippen LogP contribution >= 0.6 is 0 Å². The molecule has 0 heterocycles. The van der Waals surface area contributed by atoms with Gasteiger partial charge in [0, 0.05) is 12.8 Å². The Bertz CT molecular complexity index is 1130. The third kappa shape index (κ3) is 11.6. The van der Waals surface area contributed by atoms with Gasteiger partial charge < -0.3 is 25.2 Å². The molecule has 0 aromatic heterocycles. The number of carbonyl (C=O) groups excluding carboxylic acids is 3. The summed E-state index contributed by atoms with van der Waals surface area (Å²) >= 11 is 0. The fraction of sp³-hybridized carbons (Fsp3) is 0.467. The molecular formula is C30H40N2O7. The lowest BCUT2D eigenvalue weighted by atomic mass is 9.85. The highest BCUT2D eigenvalue weighted by Gasteiger charge is 2.29. The summed E-state index contributed by atoms with van der Waals surface area (Å²) in [6, 6.07) is 14.1. The first-order valence-corrected chi connectivity index (χ1v) is 13.0. The molecule has 9 nitrogen and oxygen atoms in total. The maximum Gasteiger partial charge on any atom is 0.408 e. The second-order valence-electron chi connectivity index (χ2n) is 11.4. The van der Waals surface area contributed by atoms with Crippen LogP contribution in [0.4, 0.5) is 4.79 Å². The Labute approximate surface area is 230 Å². The number of aliphatic carboxylic acids is 1. The molecule has 0 radical (unpaired) electrons. The first kappa shape index (κ1) is 31.3. The number of hydrogen-bond donors (Lipinski definition) is 3. The van der Waals surface area contributed by atoms with E-state index in [0.717, 1.165) is 16.7 Å². The van der Waals surface area contributed by atoms with Crippen LogP contribution in [0.2, 0.25) is 0 Å². The monoisotopic (exact) mass is 540 g/mol. The minimum absolute atomic E-state index is 0.0189. The van der Waals surface area contributed by atoms with E-state index in [2.05, 4.69) is 31.4 Å². The number of rotatable bonds is 11. The molecule has 2 rings (SSSR count). The lowest BCUT2D eigenvalue weighted by Crippen LogP contribution is -2.52. The summed E-state index contributed by atoms with van der Waals surface area (Å²) < 4.78 is 10.5. The number of hydrogen-bond acceptors (Lipinski definition) is 6. The summed E-state index contributed by atoms with van der Waals surface area (Å²) in [6.07, 6.45) is -1.09. The van der Waals surface area contributed by atoms with Crippen LogP contribution in [-0.4, -0.2) is 46.7 Å². The van der Waals surface area contributed by atoms with E-state index in [9.17, 15) is 24.3 Å². The third-order valence-electron chi connectivity index (χ3n) is 5.73. The van der Waals surface area contributed by atoms with Gasteiger partial charge in [-0.2, -0.15) is 0 Å². The van der Waals surface area contributed by atoms with Crippen molar-refractivity contribution >= 4 is 23.9 Å². The van der Waals surface area contributed by atoms with E-state index in [1.165, 1.54) is 0 Å². The third-order valence-corrected chi connectivity index (χ3v) is 5.73. The Hall–Kier alpha value is -3.88. The van der Waals surface area contributed by atoms with Crippen molar-refractivity contribution in [3.8, 4) is 0 Å². The van der Waals surface area contributed by atoms with E-state index in [4.69, 9.17) is 9.47 Å². The smallest absolute Gasteiger partial charge is 0.408 e. The Morgan fingerprint density at radius 3 is 2.08 bits per heavy atom. The molecule has 2 aromatic carbocycles. The van der Waals surface area contributed by atoms with Gasteiger partial charge in [-0.1, -0.05) is 75.4 Å². The van der Waals surface area contributed by atoms with E-state index in [1.807, 2.05) is 24.3 Å². The minimum Gasteiger partial charge on any atom is -0.480 e. The van der Waals surface area contributed by atoms with Crippen LogP contribution in [-0.2, 0) is 42.3 Å². The van der Waals surface area contributed by atoms with Crippen molar-refractivity contribution in [3.05, 3.63) is 71.3 Å². The molecule has 0 aliphatic heterocycles. The lowest BCUT2D eigenvalue weighted by molar-refractivity contribution is -0.155. The van der Waals surface area contributed by atoms with Crippen LogP contribution in [0.25, 0.3) is 0 Å². The van der Waals surface area contributed by atoms with E-state index in [1.54, 1.807) is 51.1 Å². The Morgan fingerprint density at radius 1 is 0.846 bits per heavy atom. The van der Waals surface area contributed by atoms with Gasteiger partial charge in [-0.25, -0.2) is 9.59 Å². The SMILES string of the molecule is CC(C)(C)OC(=O)CC[C@H](NC(=O)OCc1ccccc1)C(=O)N[C@@H](Cc1cccc(C(C)(C)C)c1)C(=O)O. The van der Waals surface area contributed by atoms with Crippen LogP contribution in [0.5, 0.6) is 0 Å². The van der Waals surface area contributed by atoms with Crippen LogP contribution in [0.3, 0.4) is 0 Å². The fourth-order valence-corrected chi connectivity index (χ4v) is 3.70. The molecule has 0 aliphatic rings. The highest BCUT2D eigenvalue weighted by molar-refractivity contribution is 5.89. The zero-order valence-electron chi connectivity index (χ0n) is 23.6. The summed E-state index contributed by atoms with van der Waals surface area (Å²) in [7, 11) is 0. The van der Waals surface area contributed by atoms with E-state index >= 15 is 0 Å². The second kappa shape index (κ2) is 13.8. The average molecular weight is 541 g/mol. The highest BCUT2D eigenvalue weighted by atomic mass is 16.6. The quantitative estimate of drug-likeness (QED) is 0.357. The summed E-state index contributed by atoms with van der Waals surface area (Å²) in [4.78, 5) is 50.0. The number of carboxylic acid groups (broad SMARTS) is 1. The molecule has 0 aliphatic carbocycles. The second-order valence-corrected chi connectivity index (χ2v) is 11.4.